The summed E-state index contributed by atoms with van der Waals surface area (Å²) in [5.74, 6) is 0.413. The second kappa shape index (κ2) is 6.00. The van der Waals surface area contributed by atoms with E-state index in [4.69, 9.17) is 0 Å². The first-order valence-electron chi connectivity index (χ1n) is 7.80. The molecule has 0 spiro atoms. The summed E-state index contributed by atoms with van der Waals surface area (Å²) in [5, 5.41) is 4.00. The minimum absolute atomic E-state index is 0.0300. The summed E-state index contributed by atoms with van der Waals surface area (Å²) < 4.78 is 15.5. The van der Waals surface area contributed by atoms with Crippen molar-refractivity contribution in [1.29, 1.82) is 0 Å². The van der Waals surface area contributed by atoms with Crippen molar-refractivity contribution in [3.63, 3.8) is 0 Å². The summed E-state index contributed by atoms with van der Waals surface area (Å²) in [6, 6.07) is 12.3. The van der Waals surface area contributed by atoms with Crippen LogP contribution in [0.2, 0.25) is 0 Å². The Bertz CT molecular complexity index is 1030. The molecule has 0 fully saturated rings. The number of carbonyl (C=O) groups is 1. The van der Waals surface area contributed by atoms with Crippen molar-refractivity contribution in [3.8, 4) is 11.4 Å². The smallest absolute Gasteiger partial charge is 0.299 e. The number of imidazole rings is 1. The predicted molar refractivity (Wildman–Crippen MR) is 98.2 cm³/mol. The molecular formula is C18H15FN4OS. The van der Waals surface area contributed by atoms with E-state index in [1.165, 1.54) is 23.9 Å². The number of carbonyl (C=O) groups excluding carboxylic acids is 1. The van der Waals surface area contributed by atoms with Gasteiger partial charge in [0.2, 0.25) is 0 Å². The number of hydrogen-bond donors (Lipinski definition) is 1. The molecule has 1 aliphatic rings. The van der Waals surface area contributed by atoms with E-state index in [0.717, 1.165) is 27.9 Å². The highest BCUT2D eigenvalue weighted by molar-refractivity contribution is 8.14. The fourth-order valence-electron chi connectivity index (χ4n) is 2.98. The van der Waals surface area contributed by atoms with Crippen molar-refractivity contribution in [2.75, 3.05) is 0 Å². The molecule has 1 aliphatic heterocycles. The van der Waals surface area contributed by atoms with Gasteiger partial charge in [0.25, 0.3) is 5.24 Å². The summed E-state index contributed by atoms with van der Waals surface area (Å²) in [7, 11) is 1.91. The molecule has 0 saturated heterocycles. The van der Waals surface area contributed by atoms with Crippen LogP contribution in [0.5, 0.6) is 0 Å². The van der Waals surface area contributed by atoms with Gasteiger partial charge in [-0.15, -0.1) is 0 Å². The van der Waals surface area contributed by atoms with Crippen molar-refractivity contribution in [2.24, 2.45) is 12.1 Å². The van der Waals surface area contributed by atoms with Gasteiger partial charge in [0, 0.05) is 18.2 Å². The molecule has 0 radical (unpaired) electrons. The van der Waals surface area contributed by atoms with Crippen LogP contribution in [-0.4, -0.2) is 25.8 Å². The zero-order chi connectivity index (χ0) is 17.6. The standard InChI is InChI=1S/C18H15FN4OS/c1-10-16(21-22-18(24)25-10)11-6-7-15-14(9-11)20-17(23(15)2)12-4-3-5-13(19)8-12/h3-10H,1-2H3,(H,22,24). The number of amides is 1. The number of halogens is 1. The van der Waals surface area contributed by atoms with Crippen LogP contribution in [-0.2, 0) is 7.05 Å². The molecule has 0 aliphatic carbocycles. The van der Waals surface area contributed by atoms with Crippen molar-refractivity contribution in [3.05, 3.63) is 53.8 Å². The summed E-state index contributed by atoms with van der Waals surface area (Å²) >= 11 is 1.21. The Morgan fingerprint density at radius 1 is 1.20 bits per heavy atom. The lowest BCUT2D eigenvalue weighted by molar-refractivity contribution is 0.261. The van der Waals surface area contributed by atoms with Gasteiger partial charge in [-0.1, -0.05) is 30.0 Å². The van der Waals surface area contributed by atoms with Crippen LogP contribution < -0.4 is 5.43 Å². The van der Waals surface area contributed by atoms with E-state index in [0.29, 0.717) is 5.82 Å². The number of benzene rings is 2. The third kappa shape index (κ3) is 2.80. The minimum Gasteiger partial charge on any atom is -0.327 e. The number of thioether (sulfide) groups is 1. The Hall–Kier alpha value is -2.67. The van der Waals surface area contributed by atoms with E-state index in [1.807, 2.05) is 42.8 Å². The first kappa shape index (κ1) is 15.8. The Morgan fingerprint density at radius 2 is 2.04 bits per heavy atom. The first-order chi connectivity index (χ1) is 12.0. The van der Waals surface area contributed by atoms with E-state index in [1.54, 1.807) is 6.07 Å². The lowest BCUT2D eigenvalue weighted by atomic mass is 10.1. The molecule has 1 N–H and O–H groups in total. The zero-order valence-electron chi connectivity index (χ0n) is 13.7. The fourth-order valence-corrected chi connectivity index (χ4v) is 3.70. The third-order valence-electron chi connectivity index (χ3n) is 4.20. The SMILES string of the molecule is CC1SC(=O)NN=C1c1ccc2c(c1)nc(-c1cccc(F)c1)n2C. The second-order valence-corrected chi connectivity index (χ2v) is 7.18. The van der Waals surface area contributed by atoms with Crippen LogP contribution in [0.4, 0.5) is 9.18 Å². The molecule has 1 aromatic heterocycles. The third-order valence-corrected chi connectivity index (χ3v) is 5.08. The first-order valence-corrected chi connectivity index (χ1v) is 8.68. The molecule has 2 aromatic carbocycles. The average Bonchev–Trinajstić information content (AvgIpc) is 2.91. The number of nitrogens with zero attached hydrogens (tertiary/aromatic N) is 3. The quantitative estimate of drug-likeness (QED) is 0.759. The van der Waals surface area contributed by atoms with Gasteiger partial charge in [-0.2, -0.15) is 5.10 Å². The molecule has 0 bridgehead atoms. The highest BCUT2D eigenvalue weighted by Crippen LogP contribution is 2.27. The number of hydrazone groups is 1. The largest absolute Gasteiger partial charge is 0.327 e. The van der Waals surface area contributed by atoms with E-state index < -0.39 is 0 Å². The number of aryl methyl sites for hydroxylation is 1. The van der Waals surface area contributed by atoms with Crippen molar-refractivity contribution < 1.29 is 9.18 Å². The Balaban J connectivity index is 1.81. The van der Waals surface area contributed by atoms with Crippen LogP contribution in [0.3, 0.4) is 0 Å². The van der Waals surface area contributed by atoms with E-state index in [2.05, 4.69) is 15.5 Å². The van der Waals surface area contributed by atoms with E-state index in [9.17, 15) is 9.18 Å². The Labute approximate surface area is 147 Å². The molecule has 1 amide bonds. The molecule has 126 valence electrons. The van der Waals surface area contributed by atoms with Crippen molar-refractivity contribution in [2.45, 2.75) is 12.2 Å². The molecule has 1 atom stereocenters. The van der Waals surface area contributed by atoms with Crippen molar-refractivity contribution >= 4 is 33.7 Å². The van der Waals surface area contributed by atoms with Gasteiger partial charge in [0.1, 0.15) is 11.6 Å². The number of hydrogen-bond acceptors (Lipinski definition) is 4. The maximum absolute atomic E-state index is 13.5. The predicted octanol–water partition coefficient (Wildman–Crippen LogP) is 3.93. The summed E-state index contributed by atoms with van der Waals surface area (Å²) in [6.07, 6.45) is 0. The highest BCUT2D eigenvalue weighted by atomic mass is 32.2. The van der Waals surface area contributed by atoms with Crippen molar-refractivity contribution in [1.82, 2.24) is 15.0 Å². The van der Waals surface area contributed by atoms with Gasteiger partial charge in [-0.3, -0.25) is 4.79 Å². The fraction of sp³-hybridized carbons (Fsp3) is 0.167. The topological polar surface area (TPSA) is 59.3 Å². The normalized spacial score (nSPS) is 17.5. The molecule has 1 unspecified atom stereocenters. The number of fused-ring (bicyclic) bond motifs is 1. The maximum atomic E-state index is 13.5. The van der Waals surface area contributed by atoms with Crippen LogP contribution >= 0.6 is 11.8 Å². The minimum atomic E-state index is -0.289. The maximum Gasteiger partial charge on any atom is 0.299 e. The van der Waals surface area contributed by atoms with E-state index in [-0.39, 0.29) is 16.3 Å². The molecule has 25 heavy (non-hydrogen) atoms. The van der Waals surface area contributed by atoms with Crippen LogP contribution in [0.1, 0.15) is 12.5 Å². The molecule has 4 rings (SSSR count). The lowest BCUT2D eigenvalue weighted by Crippen LogP contribution is -2.29. The van der Waals surface area contributed by atoms with Crippen LogP contribution in [0.25, 0.3) is 22.4 Å². The van der Waals surface area contributed by atoms with Gasteiger partial charge < -0.3 is 4.57 Å². The highest BCUT2D eigenvalue weighted by Gasteiger charge is 2.23. The summed E-state index contributed by atoms with van der Waals surface area (Å²) in [5.41, 5.74) is 6.70. The molecule has 7 heteroatoms. The Morgan fingerprint density at radius 3 is 2.80 bits per heavy atom. The Kier molecular flexibility index (Phi) is 3.80. The number of rotatable bonds is 2. The molecule has 2 heterocycles. The number of nitrogens with one attached hydrogen (secondary N) is 1. The second-order valence-electron chi connectivity index (χ2n) is 5.86. The van der Waals surface area contributed by atoms with Crippen LogP contribution in [0.15, 0.2) is 47.6 Å². The summed E-state index contributed by atoms with van der Waals surface area (Å²) in [6.45, 7) is 1.95. The molecule has 3 aromatic rings. The zero-order valence-corrected chi connectivity index (χ0v) is 14.5. The molecular weight excluding hydrogens is 339 g/mol. The molecule has 5 nitrogen and oxygen atoms in total. The molecule has 0 saturated carbocycles. The lowest BCUT2D eigenvalue weighted by Gasteiger charge is -2.18. The monoisotopic (exact) mass is 354 g/mol. The van der Waals surface area contributed by atoms with Gasteiger partial charge in [-0.05, 0) is 31.2 Å². The summed E-state index contributed by atoms with van der Waals surface area (Å²) in [4.78, 5) is 16.1. The van der Waals surface area contributed by atoms with Gasteiger partial charge in [-0.25, -0.2) is 14.8 Å². The van der Waals surface area contributed by atoms with Gasteiger partial charge >= 0.3 is 0 Å². The van der Waals surface area contributed by atoms with Gasteiger partial charge in [0.05, 0.1) is 22.0 Å². The average molecular weight is 354 g/mol. The van der Waals surface area contributed by atoms with Gasteiger partial charge in [0.15, 0.2) is 0 Å². The van der Waals surface area contributed by atoms with E-state index >= 15 is 0 Å². The van der Waals surface area contributed by atoms with Crippen LogP contribution in [0, 0.1) is 5.82 Å². The number of aromatic nitrogens is 2.